The van der Waals surface area contributed by atoms with Crippen LogP contribution in [0.25, 0.3) is 0 Å². The first kappa shape index (κ1) is 22.1. The number of rotatable bonds is 3. The highest BCUT2D eigenvalue weighted by Gasteiger charge is 2.33. The summed E-state index contributed by atoms with van der Waals surface area (Å²) in [7, 11) is 0. The van der Waals surface area contributed by atoms with Crippen LogP contribution in [-0.2, 0) is 4.74 Å². The molecule has 138 valence electrons. The number of hydrogen-bond acceptors (Lipinski definition) is 4. The van der Waals surface area contributed by atoms with Gasteiger partial charge in [-0.2, -0.15) is 0 Å². The Morgan fingerprint density at radius 2 is 1.75 bits per heavy atom. The predicted molar refractivity (Wildman–Crippen MR) is 103 cm³/mol. The third-order valence-corrected chi connectivity index (χ3v) is 5.14. The van der Waals surface area contributed by atoms with Crippen LogP contribution in [0.1, 0.15) is 24.4 Å². The smallest absolute Gasteiger partial charge is 0.139 e. The molecule has 2 aliphatic rings. The van der Waals surface area contributed by atoms with E-state index in [-0.39, 0.29) is 36.6 Å². The molecule has 0 bridgehead atoms. The van der Waals surface area contributed by atoms with Crippen molar-refractivity contribution in [2.75, 3.05) is 39.4 Å². The maximum Gasteiger partial charge on any atom is 0.139 e. The van der Waals surface area contributed by atoms with E-state index in [0.29, 0.717) is 16.0 Å². The Labute approximate surface area is 165 Å². The number of ether oxygens (including phenoxy) is 1. The molecule has 0 aliphatic carbocycles. The van der Waals surface area contributed by atoms with Gasteiger partial charge >= 0.3 is 0 Å². The highest BCUT2D eigenvalue weighted by Crippen LogP contribution is 2.43. The molecule has 0 saturated carbocycles. The number of halogens is 4. The van der Waals surface area contributed by atoms with E-state index in [4.69, 9.17) is 27.9 Å². The van der Waals surface area contributed by atoms with Gasteiger partial charge in [-0.25, -0.2) is 0 Å². The second kappa shape index (κ2) is 10.3. The highest BCUT2D eigenvalue weighted by atomic mass is 35.5. The number of nitrogens with zero attached hydrogens (tertiary/aromatic N) is 1. The molecule has 0 spiro atoms. The van der Waals surface area contributed by atoms with Crippen molar-refractivity contribution in [2.24, 2.45) is 5.92 Å². The van der Waals surface area contributed by atoms with Gasteiger partial charge in [-0.1, -0.05) is 23.2 Å². The number of phenols is 1. The van der Waals surface area contributed by atoms with Crippen molar-refractivity contribution >= 4 is 48.0 Å². The Morgan fingerprint density at radius 1 is 1.12 bits per heavy atom. The topological polar surface area (TPSA) is 44.7 Å². The molecule has 0 amide bonds. The summed E-state index contributed by atoms with van der Waals surface area (Å²) in [5, 5.41) is 14.8. The minimum Gasteiger partial charge on any atom is -0.506 e. The van der Waals surface area contributed by atoms with Crippen LogP contribution in [0.4, 0.5) is 0 Å². The van der Waals surface area contributed by atoms with Crippen LogP contribution < -0.4 is 5.32 Å². The van der Waals surface area contributed by atoms with Crippen molar-refractivity contribution in [3.63, 3.8) is 0 Å². The molecule has 4 nitrogen and oxygen atoms in total. The summed E-state index contributed by atoms with van der Waals surface area (Å²) < 4.78 is 5.51. The van der Waals surface area contributed by atoms with Crippen LogP contribution in [0.5, 0.6) is 5.75 Å². The maximum atomic E-state index is 10.5. The zero-order valence-corrected chi connectivity index (χ0v) is 16.5. The van der Waals surface area contributed by atoms with Crippen molar-refractivity contribution in [3.05, 3.63) is 27.7 Å². The standard InChI is InChI=1S/C16H22Cl2N2O2.2ClH/c17-12-9-13(16(21)14(18)10-12)15(11-1-7-22-8-2-11)20-5-3-19-4-6-20;;/h9-11,15,19,21H,1-8H2;2*1H/t15-;;/m1../s1. The van der Waals surface area contributed by atoms with Crippen molar-refractivity contribution in [1.82, 2.24) is 10.2 Å². The largest absolute Gasteiger partial charge is 0.506 e. The fraction of sp³-hybridized carbons (Fsp3) is 0.625. The van der Waals surface area contributed by atoms with Crippen LogP contribution in [0.3, 0.4) is 0 Å². The van der Waals surface area contributed by atoms with E-state index in [1.54, 1.807) is 6.07 Å². The molecule has 3 rings (SSSR count). The first-order chi connectivity index (χ1) is 10.7. The van der Waals surface area contributed by atoms with Gasteiger partial charge in [0.2, 0.25) is 0 Å². The summed E-state index contributed by atoms with van der Waals surface area (Å²) >= 11 is 12.3. The Morgan fingerprint density at radius 3 is 2.38 bits per heavy atom. The normalized spacial score (nSPS) is 20.8. The minimum absolute atomic E-state index is 0. The van der Waals surface area contributed by atoms with Gasteiger partial charge in [0.25, 0.3) is 0 Å². The lowest BCUT2D eigenvalue weighted by Gasteiger charge is -2.41. The average molecular weight is 418 g/mol. The van der Waals surface area contributed by atoms with Crippen LogP contribution in [0, 0.1) is 5.92 Å². The molecule has 24 heavy (non-hydrogen) atoms. The summed E-state index contributed by atoms with van der Waals surface area (Å²) in [6, 6.07) is 3.60. The van der Waals surface area contributed by atoms with E-state index in [1.807, 2.05) is 6.07 Å². The molecule has 2 saturated heterocycles. The molecule has 0 aromatic heterocycles. The van der Waals surface area contributed by atoms with Gasteiger partial charge in [-0.15, -0.1) is 24.8 Å². The maximum absolute atomic E-state index is 10.5. The van der Waals surface area contributed by atoms with E-state index >= 15 is 0 Å². The quantitative estimate of drug-likeness (QED) is 0.782. The van der Waals surface area contributed by atoms with Gasteiger partial charge in [0.15, 0.2) is 0 Å². The lowest BCUT2D eigenvalue weighted by molar-refractivity contribution is 0.0206. The molecule has 0 radical (unpaired) electrons. The molecule has 2 heterocycles. The van der Waals surface area contributed by atoms with Crippen LogP contribution in [0.15, 0.2) is 12.1 Å². The molecule has 2 fully saturated rings. The summed E-state index contributed by atoms with van der Waals surface area (Å²) in [5.74, 6) is 0.619. The first-order valence-electron chi connectivity index (χ1n) is 7.87. The van der Waals surface area contributed by atoms with Crippen LogP contribution >= 0.6 is 48.0 Å². The third kappa shape index (κ3) is 5.04. The van der Waals surface area contributed by atoms with E-state index in [0.717, 1.165) is 57.8 Å². The molecule has 1 aromatic rings. The molecular weight excluding hydrogens is 394 g/mol. The summed E-state index contributed by atoms with van der Waals surface area (Å²) in [6.07, 6.45) is 2.00. The first-order valence-corrected chi connectivity index (χ1v) is 8.63. The number of nitrogens with one attached hydrogen (secondary N) is 1. The van der Waals surface area contributed by atoms with E-state index in [9.17, 15) is 5.11 Å². The molecule has 0 unspecified atom stereocenters. The predicted octanol–water partition coefficient (Wildman–Crippen LogP) is 3.92. The van der Waals surface area contributed by atoms with Gasteiger partial charge in [0.1, 0.15) is 5.75 Å². The Bertz CT molecular complexity index is 503. The van der Waals surface area contributed by atoms with Gasteiger partial charge < -0.3 is 15.2 Å². The second-order valence-electron chi connectivity index (χ2n) is 6.01. The lowest BCUT2D eigenvalue weighted by Crippen LogP contribution is -2.47. The molecule has 8 heteroatoms. The van der Waals surface area contributed by atoms with Crippen molar-refractivity contribution in [2.45, 2.75) is 18.9 Å². The summed E-state index contributed by atoms with van der Waals surface area (Å²) in [5.41, 5.74) is 0.853. The van der Waals surface area contributed by atoms with Gasteiger partial charge in [0, 0.05) is 56.0 Å². The molecule has 1 atom stereocenters. The van der Waals surface area contributed by atoms with E-state index < -0.39 is 0 Å². The molecule has 2 aliphatic heterocycles. The van der Waals surface area contributed by atoms with Crippen molar-refractivity contribution in [3.8, 4) is 5.75 Å². The minimum atomic E-state index is 0. The summed E-state index contributed by atoms with van der Waals surface area (Å²) in [6.45, 7) is 5.42. The van der Waals surface area contributed by atoms with Crippen LogP contribution in [0.2, 0.25) is 10.0 Å². The number of hydrogen-bond donors (Lipinski definition) is 2. The second-order valence-corrected chi connectivity index (χ2v) is 6.85. The molecule has 2 N–H and O–H groups in total. The zero-order chi connectivity index (χ0) is 15.5. The number of piperazine rings is 1. The SMILES string of the molecule is Cl.Cl.Oc1c(Cl)cc(Cl)cc1[C@@H](C1CCOCC1)N1CCNCC1. The Balaban J connectivity index is 0.00000144. The number of phenolic OH excluding ortho intramolecular Hbond substituents is 1. The van der Waals surface area contributed by atoms with Gasteiger partial charge in [-0.3, -0.25) is 4.90 Å². The van der Waals surface area contributed by atoms with Crippen molar-refractivity contribution in [1.29, 1.82) is 0 Å². The third-order valence-electron chi connectivity index (χ3n) is 4.63. The van der Waals surface area contributed by atoms with Crippen molar-refractivity contribution < 1.29 is 9.84 Å². The van der Waals surface area contributed by atoms with E-state index in [2.05, 4.69) is 10.2 Å². The van der Waals surface area contributed by atoms with Gasteiger partial charge in [0.05, 0.1) is 5.02 Å². The number of aromatic hydroxyl groups is 1. The Hall–Kier alpha value is 0.0600. The fourth-order valence-electron chi connectivity index (χ4n) is 3.55. The summed E-state index contributed by atoms with van der Waals surface area (Å²) in [4.78, 5) is 2.44. The number of benzene rings is 1. The molecular formula is C16H24Cl4N2O2. The monoisotopic (exact) mass is 416 g/mol. The van der Waals surface area contributed by atoms with Gasteiger partial charge in [-0.05, 0) is 30.9 Å². The Kier molecular flexibility index (Phi) is 9.46. The lowest BCUT2D eigenvalue weighted by atomic mass is 9.85. The highest BCUT2D eigenvalue weighted by molar-refractivity contribution is 6.35. The zero-order valence-electron chi connectivity index (χ0n) is 13.3. The molecule has 1 aromatic carbocycles. The average Bonchev–Trinajstić information content (AvgIpc) is 2.54. The fourth-order valence-corrected chi connectivity index (χ4v) is 4.06. The van der Waals surface area contributed by atoms with E-state index in [1.165, 1.54) is 0 Å². The van der Waals surface area contributed by atoms with Crippen LogP contribution in [-0.4, -0.2) is 49.4 Å².